The van der Waals surface area contributed by atoms with Crippen molar-refractivity contribution >= 4 is 29.6 Å². The molecule has 1 heterocycles. The van der Waals surface area contributed by atoms with Crippen LogP contribution in [0, 0.1) is 5.92 Å². The summed E-state index contributed by atoms with van der Waals surface area (Å²) in [5.74, 6) is -3.09. The molecule has 0 radical (unpaired) electrons. The van der Waals surface area contributed by atoms with Crippen LogP contribution in [0.15, 0.2) is 60.7 Å². The maximum Gasteiger partial charge on any atom is 0.323 e. The number of carbonyl (C=O) groups excluding carboxylic acids is 4. The molecule has 0 spiro atoms. The smallest absolute Gasteiger partial charge is 0.323 e. The van der Waals surface area contributed by atoms with Crippen LogP contribution in [-0.2, 0) is 36.8 Å². The zero-order valence-corrected chi connectivity index (χ0v) is 27.9. The molecular weight excluding hydrogens is 614 g/mol. The summed E-state index contributed by atoms with van der Waals surface area (Å²) in [5.41, 5.74) is 18.2. The molecule has 0 aliphatic carbocycles. The molecule has 1 aliphatic heterocycles. The third-order valence-corrected chi connectivity index (χ3v) is 8.60. The molecule has 0 aromatic heterocycles. The minimum absolute atomic E-state index is 0.00325. The van der Waals surface area contributed by atoms with Gasteiger partial charge in [0.2, 0.25) is 23.6 Å². The average Bonchev–Trinajstić information content (AvgIpc) is 3.06. The predicted molar refractivity (Wildman–Crippen MR) is 182 cm³/mol. The summed E-state index contributed by atoms with van der Waals surface area (Å²) in [5, 5.41) is 17.9. The van der Waals surface area contributed by atoms with E-state index in [1.807, 2.05) is 74.5 Å². The SMILES string of the molecule is CC(C)C[C@@H](NC(=O)[C@@H](Cc1ccccc1)NC(=O)[C@H](N)Cc1ccccc1)C(=O)N[C@H](CCCN)C(=O)N1CCC(N)(C(=O)O)CC1. The Morgan fingerprint density at radius 1 is 0.792 bits per heavy atom. The van der Waals surface area contributed by atoms with E-state index in [4.69, 9.17) is 17.2 Å². The van der Waals surface area contributed by atoms with Gasteiger partial charge in [0, 0.05) is 19.5 Å². The molecule has 4 amide bonds. The summed E-state index contributed by atoms with van der Waals surface area (Å²) in [6.45, 7) is 4.38. The van der Waals surface area contributed by atoms with Crippen LogP contribution >= 0.6 is 0 Å². The Bertz CT molecular complexity index is 1370. The highest BCUT2D eigenvalue weighted by Gasteiger charge is 2.40. The number of nitrogens with zero attached hydrogens (tertiary/aromatic N) is 1. The number of rotatable bonds is 17. The van der Waals surface area contributed by atoms with Gasteiger partial charge in [0.25, 0.3) is 0 Å². The van der Waals surface area contributed by atoms with Crippen LogP contribution in [0.2, 0.25) is 0 Å². The molecule has 0 bridgehead atoms. The van der Waals surface area contributed by atoms with Gasteiger partial charge in [0.1, 0.15) is 23.7 Å². The fraction of sp³-hybridized carbons (Fsp3) is 0.514. The van der Waals surface area contributed by atoms with Crippen LogP contribution in [-0.4, -0.2) is 88.9 Å². The first-order valence-corrected chi connectivity index (χ1v) is 16.6. The number of likely N-dealkylation sites (tertiary alicyclic amines) is 1. The van der Waals surface area contributed by atoms with Gasteiger partial charge in [-0.25, -0.2) is 0 Å². The molecule has 1 saturated heterocycles. The molecule has 4 atom stereocenters. The summed E-state index contributed by atoms with van der Waals surface area (Å²) < 4.78 is 0. The molecule has 0 unspecified atom stereocenters. The van der Waals surface area contributed by atoms with E-state index in [-0.39, 0.29) is 63.4 Å². The Morgan fingerprint density at radius 3 is 1.81 bits per heavy atom. The number of piperidine rings is 1. The predicted octanol–water partition coefficient (Wildman–Crippen LogP) is 0.443. The summed E-state index contributed by atoms with van der Waals surface area (Å²) >= 11 is 0. The number of carbonyl (C=O) groups is 5. The molecule has 1 aliphatic rings. The number of carboxylic acid groups (broad SMARTS) is 1. The lowest BCUT2D eigenvalue weighted by Gasteiger charge is -2.38. The zero-order valence-electron chi connectivity index (χ0n) is 27.9. The van der Waals surface area contributed by atoms with Crippen LogP contribution in [0.5, 0.6) is 0 Å². The third kappa shape index (κ3) is 11.4. The van der Waals surface area contributed by atoms with Crippen molar-refractivity contribution in [1.82, 2.24) is 20.9 Å². The van der Waals surface area contributed by atoms with E-state index in [9.17, 15) is 29.1 Å². The quantitative estimate of drug-likeness (QED) is 0.124. The molecule has 2 aromatic rings. The average molecular weight is 666 g/mol. The van der Waals surface area contributed by atoms with E-state index >= 15 is 0 Å². The molecular formula is C35H51N7O6. The second kappa shape index (κ2) is 18.3. The largest absolute Gasteiger partial charge is 0.480 e. The molecule has 48 heavy (non-hydrogen) atoms. The lowest BCUT2D eigenvalue weighted by molar-refractivity contribution is -0.148. The van der Waals surface area contributed by atoms with Crippen molar-refractivity contribution in [2.24, 2.45) is 23.1 Å². The maximum absolute atomic E-state index is 13.8. The van der Waals surface area contributed by atoms with Gasteiger partial charge < -0.3 is 43.2 Å². The van der Waals surface area contributed by atoms with Gasteiger partial charge in [0.05, 0.1) is 6.04 Å². The molecule has 3 rings (SSSR count). The number of nitrogens with one attached hydrogen (secondary N) is 3. The minimum atomic E-state index is -1.41. The Kier molecular flexibility index (Phi) is 14.5. The molecule has 262 valence electrons. The van der Waals surface area contributed by atoms with Crippen molar-refractivity contribution in [3.8, 4) is 0 Å². The molecule has 0 saturated carbocycles. The second-order valence-electron chi connectivity index (χ2n) is 13.0. The van der Waals surface area contributed by atoms with Crippen molar-refractivity contribution in [2.75, 3.05) is 19.6 Å². The fourth-order valence-electron chi connectivity index (χ4n) is 5.69. The van der Waals surface area contributed by atoms with Crippen LogP contribution in [0.4, 0.5) is 0 Å². The molecule has 13 heteroatoms. The monoisotopic (exact) mass is 665 g/mol. The molecule has 10 N–H and O–H groups in total. The lowest BCUT2D eigenvalue weighted by atomic mass is 9.88. The number of aliphatic carboxylic acids is 1. The summed E-state index contributed by atoms with van der Waals surface area (Å²) in [6, 6.07) is 14.6. The number of carboxylic acids is 1. The maximum atomic E-state index is 13.8. The van der Waals surface area contributed by atoms with Gasteiger partial charge in [-0.15, -0.1) is 0 Å². The van der Waals surface area contributed by atoms with Crippen molar-refractivity contribution in [1.29, 1.82) is 0 Å². The highest BCUT2D eigenvalue weighted by Crippen LogP contribution is 2.21. The van der Waals surface area contributed by atoms with E-state index in [1.54, 1.807) is 0 Å². The van der Waals surface area contributed by atoms with Crippen molar-refractivity contribution in [3.05, 3.63) is 71.8 Å². The van der Waals surface area contributed by atoms with Gasteiger partial charge >= 0.3 is 5.97 Å². The summed E-state index contributed by atoms with van der Waals surface area (Å²) in [6.07, 6.45) is 1.60. The van der Waals surface area contributed by atoms with Crippen LogP contribution in [0.1, 0.15) is 57.1 Å². The third-order valence-electron chi connectivity index (χ3n) is 8.60. The first kappa shape index (κ1) is 38.1. The Morgan fingerprint density at radius 2 is 1.29 bits per heavy atom. The lowest BCUT2D eigenvalue weighted by Crippen LogP contribution is -2.60. The summed E-state index contributed by atoms with van der Waals surface area (Å²) in [7, 11) is 0. The van der Waals surface area contributed by atoms with Crippen LogP contribution < -0.4 is 33.2 Å². The van der Waals surface area contributed by atoms with Crippen molar-refractivity contribution < 1.29 is 29.1 Å². The number of hydrogen-bond donors (Lipinski definition) is 7. The van der Waals surface area contributed by atoms with Gasteiger partial charge in [-0.3, -0.25) is 24.0 Å². The first-order valence-electron chi connectivity index (χ1n) is 16.6. The minimum Gasteiger partial charge on any atom is -0.480 e. The van der Waals surface area contributed by atoms with Crippen molar-refractivity contribution in [2.45, 2.75) is 88.5 Å². The summed E-state index contributed by atoms with van der Waals surface area (Å²) in [4.78, 5) is 67.4. The Labute approximate surface area is 282 Å². The van der Waals surface area contributed by atoms with E-state index in [0.29, 0.717) is 13.0 Å². The van der Waals surface area contributed by atoms with Crippen LogP contribution in [0.25, 0.3) is 0 Å². The number of amides is 4. The van der Waals surface area contributed by atoms with Gasteiger partial charge in [0.15, 0.2) is 0 Å². The van der Waals surface area contributed by atoms with E-state index in [0.717, 1.165) is 11.1 Å². The standard InChI is InChI=1S/C35H51N7O6/c1-23(2)20-28(31(44)39-27(14-9-17-36)33(46)42-18-15-35(38,16-19-42)34(47)48)41-32(45)29(22-25-12-7-4-8-13-25)40-30(43)26(37)21-24-10-5-3-6-11-24/h3-8,10-13,23,26-29H,9,14-22,36-38H2,1-2H3,(H,39,44)(H,40,43)(H,41,45)(H,47,48)/t26-,27-,28-,29-/m1/s1. The van der Waals surface area contributed by atoms with Gasteiger partial charge in [-0.1, -0.05) is 74.5 Å². The normalized spacial score (nSPS) is 16.7. The van der Waals surface area contributed by atoms with Gasteiger partial charge in [-0.2, -0.15) is 0 Å². The van der Waals surface area contributed by atoms with Gasteiger partial charge in [-0.05, 0) is 62.1 Å². The van der Waals surface area contributed by atoms with Crippen LogP contribution in [0.3, 0.4) is 0 Å². The highest BCUT2D eigenvalue weighted by atomic mass is 16.4. The van der Waals surface area contributed by atoms with E-state index < -0.39 is 53.4 Å². The Balaban J connectivity index is 1.76. The fourth-order valence-corrected chi connectivity index (χ4v) is 5.69. The molecule has 2 aromatic carbocycles. The zero-order chi connectivity index (χ0) is 35.3. The number of hydrogen-bond acceptors (Lipinski definition) is 8. The Hall–Kier alpha value is -4.33. The second-order valence-corrected chi connectivity index (χ2v) is 13.0. The number of benzene rings is 2. The topological polar surface area (TPSA) is 223 Å². The molecule has 1 fully saturated rings. The number of nitrogens with two attached hydrogens (primary N) is 3. The first-order chi connectivity index (χ1) is 22.8. The van der Waals surface area contributed by atoms with E-state index in [2.05, 4.69) is 16.0 Å². The highest BCUT2D eigenvalue weighted by molar-refractivity contribution is 5.95. The van der Waals surface area contributed by atoms with E-state index in [1.165, 1.54) is 4.90 Å². The van der Waals surface area contributed by atoms with Crippen molar-refractivity contribution in [3.63, 3.8) is 0 Å². The molecule has 13 nitrogen and oxygen atoms in total.